The molecule has 25 heavy (non-hydrogen) atoms. The maximum atomic E-state index is 12.4. The molecule has 2 fully saturated rings. The highest BCUT2D eigenvalue weighted by molar-refractivity contribution is 7.99. The van der Waals surface area contributed by atoms with Gasteiger partial charge in [-0.2, -0.15) is 0 Å². The predicted octanol–water partition coefficient (Wildman–Crippen LogP) is 3.55. The zero-order chi connectivity index (χ0) is 17.6. The van der Waals surface area contributed by atoms with Gasteiger partial charge in [-0.3, -0.25) is 4.79 Å². The second kappa shape index (κ2) is 6.50. The van der Waals surface area contributed by atoms with Crippen LogP contribution in [0.4, 0.5) is 5.82 Å². The van der Waals surface area contributed by atoms with Gasteiger partial charge >= 0.3 is 0 Å². The molecule has 0 radical (unpaired) electrons. The Labute approximate surface area is 159 Å². The normalized spacial score (nSPS) is 21.6. The second-order valence-corrected chi connectivity index (χ2v) is 8.78. The summed E-state index contributed by atoms with van der Waals surface area (Å²) in [7, 11) is 0. The predicted molar refractivity (Wildman–Crippen MR) is 102 cm³/mol. The van der Waals surface area contributed by atoms with Gasteiger partial charge in [0.05, 0.1) is 21.3 Å². The Balaban J connectivity index is 1.49. The molecule has 1 aromatic heterocycles. The van der Waals surface area contributed by atoms with Crippen molar-refractivity contribution in [2.45, 2.75) is 35.2 Å². The van der Waals surface area contributed by atoms with E-state index in [-0.39, 0.29) is 11.0 Å². The molecule has 1 atom stereocenters. The van der Waals surface area contributed by atoms with Crippen LogP contribution in [0.15, 0.2) is 39.1 Å². The Morgan fingerprint density at radius 1 is 1.36 bits per heavy atom. The Bertz CT molecular complexity index is 866. The molecule has 1 spiro atoms. The number of hydrogen-bond donors (Lipinski definition) is 2. The van der Waals surface area contributed by atoms with Gasteiger partial charge in [0, 0.05) is 29.4 Å². The van der Waals surface area contributed by atoms with Crippen LogP contribution in [0.3, 0.4) is 0 Å². The van der Waals surface area contributed by atoms with E-state index in [9.17, 15) is 4.79 Å². The van der Waals surface area contributed by atoms with Crippen LogP contribution in [0, 0.1) is 5.41 Å². The number of aromatic nitrogens is 2. The Morgan fingerprint density at radius 2 is 2.16 bits per heavy atom. The first-order valence-corrected chi connectivity index (χ1v) is 9.75. The molecule has 132 valence electrons. The number of halogens is 2. The third-order valence-corrected chi connectivity index (χ3v) is 6.89. The summed E-state index contributed by atoms with van der Waals surface area (Å²) in [5.41, 5.74) is 6.13. The molecule has 0 amide bonds. The van der Waals surface area contributed by atoms with E-state index in [2.05, 4.69) is 9.97 Å². The van der Waals surface area contributed by atoms with E-state index in [0.717, 1.165) is 37.2 Å². The van der Waals surface area contributed by atoms with Crippen molar-refractivity contribution in [3.8, 4) is 0 Å². The van der Waals surface area contributed by atoms with Crippen LogP contribution < -0.4 is 16.2 Å². The van der Waals surface area contributed by atoms with Crippen molar-refractivity contribution in [1.82, 2.24) is 9.97 Å². The standard InChI is InChI=1S/C17H18Cl2N4OS/c18-11-2-1-3-12(14(11)19)25-13-7-21-15(16(24)22-13)23-8-17(9-23)5-4-10(20)6-17/h1-3,7,10H,4-6,8-9,20H2,(H,22,24)/t10-/m0/s1. The van der Waals surface area contributed by atoms with Crippen molar-refractivity contribution >= 4 is 40.8 Å². The fourth-order valence-corrected chi connectivity index (χ4v) is 5.09. The molecule has 5 nitrogen and oxygen atoms in total. The highest BCUT2D eigenvalue weighted by atomic mass is 35.5. The molecule has 0 bridgehead atoms. The minimum absolute atomic E-state index is 0.180. The lowest BCUT2D eigenvalue weighted by Crippen LogP contribution is -2.57. The van der Waals surface area contributed by atoms with Gasteiger partial charge in [-0.1, -0.05) is 41.0 Å². The summed E-state index contributed by atoms with van der Waals surface area (Å²) in [6.45, 7) is 1.73. The molecule has 8 heteroatoms. The van der Waals surface area contributed by atoms with Crippen LogP contribution in [0.1, 0.15) is 19.3 Å². The van der Waals surface area contributed by atoms with Crippen LogP contribution in [-0.4, -0.2) is 29.1 Å². The summed E-state index contributed by atoms with van der Waals surface area (Å²) in [6, 6.07) is 5.71. The van der Waals surface area contributed by atoms with Gasteiger partial charge in [-0.15, -0.1) is 0 Å². The van der Waals surface area contributed by atoms with E-state index in [1.165, 1.54) is 11.8 Å². The molecular formula is C17H18Cl2N4OS. The lowest BCUT2D eigenvalue weighted by Gasteiger charge is -2.48. The topological polar surface area (TPSA) is 75.0 Å². The van der Waals surface area contributed by atoms with E-state index in [1.54, 1.807) is 12.3 Å². The molecule has 2 heterocycles. The largest absolute Gasteiger partial charge is 0.351 e. The molecule has 2 aliphatic rings. The van der Waals surface area contributed by atoms with Crippen LogP contribution >= 0.6 is 35.0 Å². The van der Waals surface area contributed by atoms with Crippen LogP contribution in [-0.2, 0) is 0 Å². The lowest BCUT2D eigenvalue weighted by molar-refractivity contribution is 0.217. The van der Waals surface area contributed by atoms with Gasteiger partial charge in [0.1, 0.15) is 0 Å². The smallest absolute Gasteiger partial charge is 0.291 e. The molecule has 1 aromatic carbocycles. The molecule has 2 aromatic rings. The minimum atomic E-state index is -0.180. The number of hydrogen-bond acceptors (Lipinski definition) is 5. The number of benzene rings is 1. The van der Waals surface area contributed by atoms with Crippen molar-refractivity contribution in [3.63, 3.8) is 0 Å². The molecule has 1 saturated heterocycles. The number of aromatic amines is 1. The van der Waals surface area contributed by atoms with E-state index < -0.39 is 0 Å². The quantitative estimate of drug-likeness (QED) is 0.829. The van der Waals surface area contributed by atoms with Crippen molar-refractivity contribution in [2.24, 2.45) is 11.1 Å². The number of nitrogens with two attached hydrogens (primary N) is 1. The maximum Gasteiger partial charge on any atom is 0.291 e. The molecule has 3 N–H and O–H groups in total. The molecule has 1 aliphatic heterocycles. The van der Waals surface area contributed by atoms with Gasteiger partial charge in [0.15, 0.2) is 5.82 Å². The molecular weight excluding hydrogens is 379 g/mol. The van der Waals surface area contributed by atoms with E-state index in [1.807, 2.05) is 17.0 Å². The first-order valence-electron chi connectivity index (χ1n) is 8.17. The average Bonchev–Trinajstić information content (AvgIpc) is 2.93. The van der Waals surface area contributed by atoms with Crippen molar-refractivity contribution in [3.05, 3.63) is 44.8 Å². The van der Waals surface area contributed by atoms with Crippen LogP contribution in [0.25, 0.3) is 0 Å². The Morgan fingerprint density at radius 3 is 2.84 bits per heavy atom. The zero-order valence-electron chi connectivity index (χ0n) is 13.5. The van der Waals surface area contributed by atoms with Gasteiger partial charge in [0.25, 0.3) is 5.56 Å². The van der Waals surface area contributed by atoms with Gasteiger partial charge in [0.2, 0.25) is 0 Å². The number of H-pyrrole nitrogens is 1. The maximum absolute atomic E-state index is 12.4. The van der Waals surface area contributed by atoms with Gasteiger partial charge in [-0.25, -0.2) is 4.98 Å². The Hall–Kier alpha value is -1.21. The molecule has 1 saturated carbocycles. The highest BCUT2D eigenvalue weighted by Gasteiger charge is 2.48. The van der Waals surface area contributed by atoms with Gasteiger partial charge in [-0.05, 0) is 31.4 Å². The first-order chi connectivity index (χ1) is 12.0. The van der Waals surface area contributed by atoms with Crippen molar-refractivity contribution in [1.29, 1.82) is 0 Å². The lowest BCUT2D eigenvalue weighted by atomic mass is 9.78. The summed E-state index contributed by atoms with van der Waals surface area (Å²) in [4.78, 5) is 22.5. The van der Waals surface area contributed by atoms with E-state index >= 15 is 0 Å². The fraction of sp³-hybridized carbons (Fsp3) is 0.412. The fourth-order valence-electron chi connectivity index (χ4n) is 3.79. The number of nitrogens with one attached hydrogen (secondary N) is 1. The second-order valence-electron chi connectivity index (χ2n) is 6.91. The molecule has 0 unspecified atom stereocenters. The summed E-state index contributed by atoms with van der Waals surface area (Å²) in [5.74, 6) is 0.479. The van der Waals surface area contributed by atoms with Crippen molar-refractivity contribution in [2.75, 3.05) is 18.0 Å². The van der Waals surface area contributed by atoms with E-state index in [4.69, 9.17) is 28.9 Å². The third-order valence-electron chi connectivity index (χ3n) is 4.97. The van der Waals surface area contributed by atoms with Crippen LogP contribution in [0.2, 0.25) is 10.0 Å². The monoisotopic (exact) mass is 396 g/mol. The number of anilines is 1. The summed E-state index contributed by atoms with van der Waals surface area (Å²) < 4.78 is 0. The third kappa shape index (κ3) is 3.28. The summed E-state index contributed by atoms with van der Waals surface area (Å²) >= 11 is 13.6. The SMILES string of the molecule is N[C@H]1CCC2(C1)CN(c1ncc(Sc3cccc(Cl)c3Cl)[nH]c1=O)C2. The summed E-state index contributed by atoms with van der Waals surface area (Å²) in [5, 5.41) is 1.59. The van der Waals surface area contributed by atoms with Crippen molar-refractivity contribution < 1.29 is 0 Å². The van der Waals surface area contributed by atoms with Gasteiger partial charge < -0.3 is 15.6 Å². The Kier molecular flexibility index (Phi) is 4.48. The first kappa shape index (κ1) is 17.2. The number of nitrogens with zero attached hydrogens (tertiary/aromatic N) is 2. The number of rotatable bonds is 3. The minimum Gasteiger partial charge on any atom is -0.351 e. The highest BCUT2D eigenvalue weighted by Crippen LogP contribution is 2.45. The summed E-state index contributed by atoms with van der Waals surface area (Å²) in [6.07, 6.45) is 4.93. The zero-order valence-corrected chi connectivity index (χ0v) is 15.8. The average molecular weight is 397 g/mol. The van der Waals surface area contributed by atoms with E-state index in [0.29, 0.717) is 26.9 Å². The molecule has 1 aliphatic carbocycles. The molecule has 4 rings (SSSR count). The van der Waals surface area contributed by atoms with Crippen LogP contribution in [0.5, 0.6) is 0 Å².